The lowest BCUT2D eigenvalue weighted by atomic mass is 9.78. The lowest BCUT2D eigenvalue weighted by Crippen LogP contribution is -2.37. The first-order chi connectivity index (χ1) is 10.1. The van der Waals surface area contributed by atoms with Crippen molar-refractivity contribution in [3.63, 3.8) is 0 Å². The highest BCUT2D eigenvalue weighted by atomic mass is 16.7. The smallest absolute Gasteiger partial charge is 0.200 e. The molecule has 0 aromatic carbocycles. The van der Waals surface area contributed by atoms with Gasteiger partial charge in [-0.05, 0) is 38.2 Å². The largest absolute Gasteiger partial charge is 0.367 e. The summed E-state index contributed by atoms with van der Waals surface area (Å²) in [6, 6.07) is 1.83. The molecule has 1 aromatic heterocycles. The van der Waals surface area contributed by atoms with E-state index in [1.807, 2.05) is 13.0 Å². The summed E-state index contributed by atoms with van der Waals surface area (Å²) < 4.78 is 16.7. The Morgan fingerprint density at radius 2 is 2.14 bits per heavy atom. The standard InChI is InChI=1S/C16H26N2O3/c1-5-21-16(9-6-7-12(2)11-16)15-17-10-8-13(18-15)14(19-3)20-4/h8,10,12,14H,5-7,9,11H2,1-4H3. The Kier molecular flexibility index (Phi) is 5.67. The van der Waals surface area contributed by atoms with Crippen LogP contribution in [0.2, 0.25) is 0 Å². The van der Waals surface area contributed by atoms with Crippen LogP contribution in [-0.4, -0.2) is 30.8 Å². The van der Waals surface area contributed by atoms with Crippen LogP contribution in [0, 0.1) is 5.92 Å². The Morgan fingerprint density at radius 3 is 2.76 bits per heavy atom. The SMILES string of the molecule is CCOC1(c2nccc(C(OC)OC)n2)CCCC(C)C1. The van der Waals surface area contributed by atoms with Crippen molar-refractivity contribution in [2.24, 2.45) is 5.92 Å². The molecule has 2 unspecified atom stereocenters. The molecule has 0 radical (unpaired) electrons. The van der Waals surface area contributed by atoms with Crippen LogP contribution in [0.1, 0.15) is 57.3 Å². The summed E-state index contributed by atoms with van der Waals surface area (Å²) >= 11 is 0. The number of methoxy groups -OCH3 is 2. The van der Waals surface area contributed by atoms with Gasteiger partial charge in [0.05, 0.1) is 0 Å². The highest BCUT2D eigenvalue weighted by Crippen LogP contribution is 2.41. The van der Waals surface area contributed by atoms with E-state index in [1.54, 1.807) is 20.4 Å². The first-order valence-electron chi connectivity index (χ1n) is 7.68. The van der Waals surface area contributed by atoms with Gasteiger partial charge in [0.2, 0.25) is 6.29 Å². The number of hydrogen-bond donors (Lipinski definition) is 0. The summed E-state index contributed by atoms with van der Waals surface area (Å²) in [5.74, 6) is 1.38. The topological polar surface area (TPSA) is 53.5 Å². The van der Waals surface area contributed by atoms with Crippen LogP contribution in [0.25, 0.3) is 0 Å². The van der Waals surface area contributed by atoms with Crippen molar-refractivity contribution in [3.05, 3.63) is 23.8 Å². The molecule has 118 valence electrons. The second-order valence-corrected chi connectivity index (χ2v) is 5.74. The monoisotopic (exact) mass is 294 g/mol. The van der Waals surface area contributed by atoms with Gasteiger partial charge in [-0.3, -0.25) is 0 Å². The minimum atomic E-state index is -0.466. The van der Waals surface area contributed by atoms with Crippen molar-refractivity contribution >= 4 is 0 Å². The van der Waals surface area contributed by atoms with Gasteiger partial charge in [0.25, 0.3) is 0 Å². The van der Waals surface area contributed by atoms with Crippen LogP contribution in [0.15, 0.2) is 12.3 Å². The van der Waals surface area contributed by atoms with Gasteiger partial charge in [0.15, 0.2) is 5.82 Å². The lowest BCUT2D eigenvalue weighted by Gasteiger charge is -2.38. The van der Waals surface area contributed by atoms with E-state index in [4.69, 9.17) is 14.2 Å². The van der Waals surface area contributed by atoms with Gasteiger partial charge in [0.1, 0.15) is 11.3 Å². The van der Waals surface area contributed by atoms with E-state index in [0.717, 1.165) is 30.8 Å². The first kappa shape index (κ1) is 16.3. The quantitative estimate of drug-likeness (QED) is 0.754. The van der Waals surface area contributed by atoms with Crippen LogP contribution in [0.5, 0.6) is 0 Å². The Balaban J connectivity index is 2.34. The van der Waals surface area contributed by atoms with E-state index < -0.39 is 6.29 Å². The van der Waals surface area contributed by atoms with Crippen LogP contribution in [-0.2, 0) is 19.8 Å². The molecule has 5 nitrogen and oxygen atoms in total. The van der Waals surface area contributed by atoms with Crippen LogP contribution >= 0.6 is 0 Å². The number of hydrogen-bond acceptors (Lipinski definition) is 5. The molecule has 0 saturated heterocycles. The van der Waals surface area contributed by atoms with Gasteiger partial charge in [-0.2, -0.15) is 0 Å². The molecule has 21 heavy (non-hydrogen) atoms. The molecule has 1 saturated carbocycles. The second kappa shape index (κ2) is 7.29. The van der Waals surface area contributed by atoms with Crippen molar-refractivity contribution in [2.45, 2.75) is 51.4 Å². The normalized spacial score (nSPS) is 26.2. The molecule has 0 spiro atoms. The number of ether oxygens (including phenoxy) is 3. The first-order valence-corrected chi connectivity index (χ1v) is 7.68. The minimum absolute atomic E-state index is 0.367. The maximum Gasteiger partial charge on any atom is 0.200 e. The van der Waals surface area contributed by atoms with Gasteiger partial charge >= 0.3 is 0 Å². The Hall–Kier alpha value is -1.04. The van der Waals surface area contributed by atoms with Crippen molar-refractivity contribution in [1.29, 1.82) is 0 Å². The summed E-state index contributed by atoms with van der Waals surface area (Å²) in [5.41, 5.74) is 0.372. The molecule has 0 N–H and O–H groups in total. The van der Waals surface area contributed by atoms with E-state index in [0.29, 0.717) is 12.5 Å². The van der Waals surface area contributed by atoms with E-state index in [1.165, 1.54) is 6.42 Å². The van der Waals surface area contributed by atoms with Gasteiger partial charge in [-0.15, -0.1) is 0 Å². The molecule has 1 aliphatic rings. The van der Waals surface area contributed by atoms with Crippen LogP contribution in [0.4, 0.5) is 0 Å². The van der Waals surface area contributed by atoms with Gasteiger partial charge in [-0.1, -0.05) is 13.3 Å². The van der Waals surface area contributed by atoms with Gasteiger partial charge in [0, 0.05) is 27.0 Å². The van der Waals surface area contributed by atoms with Crippen LogP contribution < -0.4 is 0 Å². The zero-order chi connectivity index (χ0) is 15.3. The maximum atomic E-state index is 6.12. The molecule has 0 bridgehead atoms. The zero-order valence-electron chi connectivity index (χ0n) is 13.5. The predicted octanol–water partition coefficient (Wildman–Crippen LogP) is 3.21. The molecule has 1 fully saturated rings. The molecular weight excluding hydrogens is 268 g/mol. The van der Waals surface area contributed by atoms with Crippen molar-refractivity contribution in [1.82, 2.24) is 9.97 Å². The molecule has 2 rings (SSSR count). The second-order valence-electron chi connectivity index (χ2n) is 5.74. The predicted molar refractivity (Wildman–Crippen MR) is 79.7 cm³/mol. The van der Waals surface area contributed by atoms with Crippen molar-refractivity contribution in [2.75, 3.05) is 20.8 Å². The molecule has 5 heteroatoms. The summed E-state index contributed by atoms with van der Waals surface area (Å²) in [6.45, 7) is 4.96. The third-order valence-corrected chi connectivity index (χ3v) is 4.13. The fourth-order valence-electron chi connectivity index (χ4n) is 3.24. The molecule has 1 aromatic rings. The number of rotatable bonds is 6. The van der Waals surface area contributed by atoms with Crippen molar-refractivity contribution < 1.29 is 14.2 Å². The summed E-state index contributed by atoms with van der Waals surface area (Å²) in [6.07, 6.45) is 5.63. The van der Waals surface area contributed by atoms with E-state index in [-0.39, 0.29) is 5.60 Å². The van der Waals surface area contributed by atoms with E-state index >= 15 is 0 Å². The lowest BCUT2D eigenvalue weighted by molar-refractivity contribution is -0.111. The molecule has 1 heterocycles. The highest BCUT2D eigenvalue weighted by molar-refractivity contribution is 5.11. The fourth-order valence-corrected chi connectivity index (χ4v) is 3.24. The fraction of sp³-hybridized carbons (Fsp3) is 0.750. The zero-order valence-corrected chi connectivity index (χ0v) is 13.5. The Bertz CT molecular complexity index is 447. The van der Waals surface area contributed by atoms with E-state index in [2.05, 4.69) is 16.9 Å². The van der Waals surface area contributed by atoms with Gasteiger partial charge in [-0.25, -0.2) is 9.97 Å². The third-order valence-electron chi connectivity index (χ3n) is 4.13. The van der Waals surface area contributed by atoms with Crippen LogP contribution in [0.3, 0.4) is 0 Å². The van der Waals surface area contributed by atoms with Crippen molar-refractivity contribution in [3.8, 4) is 0 Å². The van der Waals surface area contributed by atoms with Gasteiger partial charge < -0.3 is 14.2 Å². The average Bonchev–Trinajstić information content (AvgIpc) is 2.49. The average molecular weight is 294 g/mol. The Morgan fingerprint density at radius 1 is 1.38 bits per heavy atom. The molecule has 0 aliphatic heterocycles. The molecule has 2 atom stereocenters. The molecule has 1 aliphatic carbocycles. The molecular formula is C16H26N2O3. The summed E-state index contributed by atoms with van der Waals surface area (Å²) in [5, 5.41) is 0. The number of nitrogens with zero attached hydrogens (tertiary/aromatic N) is 2. The third kappa shape index (κ3) is 3.59. The maximum absolute atomic E-state index is 6.12. The summed E-state index contributed by atoms with van der Waals surface area (Å²) in [4.78, 5) is 9.17. The number of aromatic nitrogens is 2. The van der Waals surface area contributed by atoms with E-state index in [9.17, 15) is 0 Å². The Labute approximate surface area is 127 Å². The minimum Gasteiger partial charge on any atom is -0.367 e. The summed E-state index contributed by atoms with van der Waals surface area (Å²) in [7, 11) is 3.22. The highest BCUT2D eigenvalue weighted by Gasteiger charge is 2.40. The molecule has 0 amide bonds.